The molecule has 0 atom stereocenters. The van der Waals surface area contributed by atoms with Gasteiger partial charge in [-0.25, -0.2) is 4.79 Å². The zero-order chi connectivity index (χ0) is 23.9. The summed E-state index contributed by atoms with van der Waals surface area (Å²) in [4.78, 5) is 32.0. The van der Waals surface area contributed by atoms with Crippen molar-refractivity contribution in [2.75, 3.05) is 62.7 Å². The minimum atomic E-state index is -0.505. The predicted molar refractivity (Wildman–Crippen MR) is 151 cm³/mol. The summed E-state index contributed by atoms with van der Waals surface area (Å²) in [5, 5.41) is 11.9. The SMILES string of the molecule is CCOC(=O)Nc1ccc2c(c1)N(C(=O)CCN1CCN(CCO)CC1)c1ccccc1CC2.Cl.Cl.O. The molecule has 2 aliphatic rings. The fourth-order valence-corrected chi connectivity index (χ4v) is 4.70. The summed E-state index contributed by atoms with van der Waals surface area (Å²) in [6.07, 6.45) is 1.57. The number of carbonyl (C=O) groups is 2. The maximum Gasteiger partial charge on any atom is 0.411 e. The molecule has 4 N–H and O–H groups in total. The number of anilines is 3. The highest BCUT2D eigenvalue weighted by atomic mass is 35.5. The van der Waals surface area contributed by atoms with Gasteiger partial charge in [-0.2, -0.15) is 0 Å². The van der Waals surface area contributed by atoms with Crippen molar-refractivity contribution in [1.82, 2.24) is 9.80 Å². The van der Waals surface area contributed by atoms with E-state index in [9.17, 15) is 9.59 Å². The van der Waals surface area contributed by atoms with E-state index in [1.807, 2.05) is 41.3 Å². The van der Waals surface area contributed by atoms with Gasteiger partial charge in [-0.1, -0.05) is 24.3 Å². The Morgan fingerprint density at radius 1 is 0.919 bits per heavy atom. The van der Waals surface area contributed by atoms with Crippen LogP contribution in [0.25, 0.3) is 0 Å². The number of benzene rings is 2. The van der Waals surface area contributed by atoms with Crippen LogP contribution in [-0.4, -0.2) is 84.9 Å². The van der Waals surface area contributed by atoms with Gasteiger partial charge in [0.15, 0.2) is 0 Å². The average molecular weight is 558 g/mol. The third-order valence-electron chi connectivity index (χ3n) is 6.52. The summed E-state index contributed by atoms with van der Waals surface area (Å²) >= 11 is 0. The van der Waals surface area contributed by atoms with Crippen LogP contribution in [0, 0.1) is 0 Å². The number of ether oxygens (including phenoxy) is 1. The molecule has 0 aromatic heterocycles. The quantitative estimate of drug-likeness (QED) is 0.541. The van der Waals surface area contributed by atoms with Crippen molar-refractivity contribution in [1.29, 1.82) is 0 Å². The van der Waals surface area contributed by atoms with E-state index >= 15 is 0 Å². The molecular formula is C26H38Cl2N4O5. The second-order valence-electron chi connectivity index (χ2n) is 8.70. The van der Waals surface area contributed by atoms with Crippen molar-refractivity contribution in [2.45, 2.75) is 26.2 Å². The van der Waals surface area contributed by atoms with E-state index in [0.29, 0.717) is 31.8 Å². The Labute approximate surface area is 230 Å². The lowest BCUT2D eigenvalue weighted by molar-refractivity contribution is -0.118. The van der Waals surface area contributed by atoms with Crippen LogP contribution < -0.4 is 10.2 Å². The average Bonchev–Trinajstić information content (AvgIpc) is 3.00. The van der Waals surface area contributed by atoms with Crippen molar-refractivity contribution >= 4 is 53.9 Å². The molecule has 2 aromatic carbocycles. The number of carbonyl (C=O) groups excluding carboxylic acids is 2. The van der Waals surface area contributed by atoms with Gasteiger partial charge in [0.05, 0.1) is 24.6 Å². The Morgan fingerprint density at radius 3 is 2.19 bits per heavy atom. The van der Waals surface area contributed by atoms with Gasteiger partial charge < -0.3 is 20.2 Å². The molecule has 1 saturated heterocycles. The highest BCUT2D eigenvalue weighted by molar-refractivity contribution is 6.03. The minimum absolute atomic E-state index is 0. The van der Waals surface area contributed by atoms with Gasteiger partial charge in [0.1, 0.15) is 0 Å². The first-order valence-electron chi connectivity index (χ1n) is 12.1. The number of aliphatic hydroxyl groups excluding tert-OH is 1. The second-order valence-corrected chi connectivity index (χ2v) is 8.70. The second kappa shape index (κ2) is 15.8. The molecule has 206 valence electrons. The zero-order valence-corrected chi connectivity index (χ0v) is 22.8. The number of aryl methyl sites for hydroxylation is 2. The van der Waals surface area contributed by atoms with Crippen LogP contribution in [0.1, 0.15) is 24.5 Å². The molecule has 0 bridgehead atoms. The Balaban J connectivity index is 0.00000228. The number of rotatable bonds is 7. The van der Waals surface area contributed by atoms with Crippen molar-refractivity contribution in [3.05, 3.63) is 53.6 Å². The normalized spacial score (nSPS) is 15.0. The molecule has 4 rings (SSSR count). The first kappa shape index (κ1) is 32.6. The van der Waals surface area contributed by atoms with E-state index in [1.54, 1.807) is 6.92 Å². The van der Waals surface area contributed by atoms with E-state index in [2.05, 4.69) is 21.2 Å². The van der Waals surface area contributed by atoms with Crippen molar-refractivity contribution in [3.8, 4) is 0 Å². The topological polar surface area (TPSA) is 117 Å². The first-order chi connectivity index (χ1) is 16.6. The number of fused-ring (bicyclic) bond motifs is 2. The van der Waals surface area contributed by atoms with E-state index in [4.69, 9.17) is 9.84 Å². The molecule has 11 heteroatoms. The summed E-state index contributed by atoms with van der Waals surface area (Å²) in [6, 6.07) is 13.8. The number of β-amino-alcohol motifs (C(OH)–C–C–N with tert-alkyl or cyclic N) is 1. The molecule has 2 heterocycles. The maximum atomic E-state index is 13.7. The molecule has 0 unspecified atom stereocenters. The summed E-state index contributed by atoms with van der Waals surface area (Å²) in [5.41, 5.74) is 4.56. The highest BCUT2D eigenvalue weighted by Crippen LogP contribution is 2.38. The number of hydrogen-bond donors (Lipinski definition) is 2. The molecule has 0 spiro atoms. The largest absolute Gasteiger partial charge is 0.450 e. The summed E-state index contributed by atoms with van der Waals surface area (Å²) in [7, 11) is 0. The number of amides is 2. The molecule has 0 aliphatic carbocycles. The number of para-hydroxylation sites is 1. The van der Waals surface area contributed by atoms with E-state index in [0.717, 1.165) is 61.5 Å². The van der Waals surface area contributed by atoms with Gasteiger partial charge in [0.2, 0.25) is 5.91 Å². The number of aliphatic hydroxyl groups is 1. The number of hydrogen-bond acceptors (Lipinski definition) is 6. The molecule has 0 radical (unpaired) electrons. The fraction of sp³-hybridized carbons (Fsp3) is 0.462. The lowest BCUT2D eigenvalue weighted by atomic mass is 10.0. The number of nitrogens with one attached hydrogen (secondary N) is 1. The van der Waals surface area contributed by atoms with Crippen molar-refractivity contribution in [3.63, 3.8) is 0 Å². The molecular weight excluding hydrogens is 519 g/mol. The van der Waals surface area contributed by atoms with Crippen molar-refractivity contribution in [2.24, 2.45) is 0 Å². The smallest absolute Gasteiger partial charge is 0.411 e. The Morgan fingerprint density at radius 2 is 1.54 bits per heavy atom. The van der Waals surface area contributed by atoms with Gasteiger partial charge in [-0.15, -0.1) is 24.8 Å². The van der Waals surface area contributed by atoms with E-state index in [1.165, 1.54) is 0 Å². The molecule has 1 fully saturated rings. The highest BCUT2D eigenvalue weighted by Gasteiger charge is 2.27. The zero-order valence-electron chi connectivity index (χ0n) is 21.1. The van der Waals surface area contributed by atoms with Gasteiger partial charge in [0, 0.05) is 51.4 Å². The molecule has 37 heavy (non-hydrogen) atoms. The minimum Gasteiger partial charge on any atom is -0.450 e. The van der Waals surface area contributed by atoms with Gasteiger partial charge in [-0.3, -0.25) is 19.9 Å². The fourth-order valence-electron chi connectivity index (χ4n) is 4.70. The lowest BCUT2D eigenvalue weighted by Crippen LogP contribution is -2.47. The lowest BCUT2D eigenvalue weighted by Gasteiger charge is -2.34. The Hall–Kier alpha value is -2.40. The number of halogens is 2. The third-order valence-corrected chi connectivity index (χ3v) is 6.52. The molecule has 0 saturated carbocycles. The van der Waals surface area contributed by atoms with Crippen LogP contribution in [0.4, 0.5) is 21.9 Å². The van der Waals surface area contributed by atoms with Gasteiger partial charge in [-0.05, 0) is 49.1 Å². The van der Waals surface area contributed by atoms with E-state index < -0.39 is 6.09 Å². The summed E-state index contributed by atoms with van der Waals surface area (Å²) in [6.45, 7) is 7.25. The molecule has 2 aromatic rings. The molecule has 2 amide bonds. The van der Waals surface area contributed by atoms with Crippen LogP contribution in [-0.2, 0) is 22.4 Å². The van der Waals surface area contributed by atoms with Crippen LogP contribution in [0.2, 0.25) is 0 Å². The summed E-state index contributed by atoms with van der Waals surface area (Å²) < 4.78 is 5.02. The van der Waals surface area contributed by atoms with Crippen LogP contribution in [0.5, 0.6) is 0 Å². The predicted octanol–water partition coefficient (Wildman–Crippen LogP) is 3.04. The van der Waals surface area contributed by atoms with E-state index in [-0.39, 0.29) is 42.8 Å². The summed E-state index contributed by atoms with van der Waals surface area (Å²) in [5.74, 6) is 0.0432. The van der Waals surface area contributed by atoms with Crippen LogP contribution in [0.15, 0.2) is 42.5 Å². The van der Waals surface area contributed by atoms with Gasteiger partial charge in [0.25, 0.3) is 0 Å². The third kappa shape index (κ3) is 8.29. The Bertz CT molecular complexity index is 1020. The van der Waals surface area contributed by atoms with Crippen LogP contribution in [0.3, 0.4) is 0 Å². The number of piperazine rings is 1. The molecule has 2 aliphatic heterocycles. The molecule has 9 nitrogen and oxygen atoms in total. The van der Waals surface area contributed by atoms with Crippen LogP contribution >= 0.6 is 24.8 Å². The Kier molecular flexibility index (Phi) is 13.9. The first-order valence-corrected chi connectivity index (χ1v) is 12.1. The van der Waals surface area contributed by atoms with Crippen molar-refractivity contribution < 1.29 is 24.9 Å². The monoisotopic (exact) mass is 556 g/mol. The van der Waals surface area contributed by atoms with Gasteiger partial charge >= 0.3 is 6.09 Å². The number of nitrogens with zero attached hydrogens (tertiary/aromatic N) is 3. The maximum absolute atomic E-state index is 13.7. The standard InChI is InChI=1S/C26H34N4O4.2ClH.H2O/c1-2-34-26(33)27-22-10-9-21-8-7-20-5-3-4-6-23(20)30(24(21)19-22)25(32)11-12-28-13-15-29(16-14-28)17-18-31;;;/h3-6,9-10,19,31H,2,7-8,11-18H2,1H3,(H,27,33);2*1H;1H2.